The lowest BCUT2D eigenvalue weighted by atomic mass is 9.92. The molecule has 148 valence electrons. The van der Waals surface area contributed by atoms with Crippen molar-refractivity contribution in [2.24, 2.45) is 11.3 Å². The average molecular weight is 380 g/mol. The Labute approximate surface area is 166 Å². The molecule has 1 aliphatic heterocycles. The van der Waals surface area contributed by atoms with E-state index in [-0.39, 0.29) is 17.2 Å². The largest absolute Gasteiger partial charge is 0.493 e. The first kappa shape index (κ1) is 18.8. The summed E-state index contributed by atoms with van der Waals surface area (Å²) in [7, 11) is 1.64. The van der Waals surface area contributed by atoms with E-state index in [1.54, 1.807) is 7.11 Å². The molecule has 1 aliphatic carbocycles. The van der Waals surface area contributed by atoms with Gasteiger partial charge in [0, 0.05) is 12.5 Å². The summed E-state index contributed by atoms with van der Waals surface area (Å²) >= 11 is 0. The Hall–Kier alpha value is -2.53. The molecule has 1 saturated carbocycles. The first-order valence-electron chi connectivity index (χ1n) is 10.0. The summed E-state index contributed by atoms with van der Waals surface area (Å²) in [6.45, 7) is 3.07. The number of methoxy groups -OCH3 is 1. The number of hydrogen-bond acceptors (Lipinski definition) is 4. The Morgan fingerprint density at radius 2 is 1.89 bits per heavy atom. The third kappa shape index (κ3) is 4.14. The number of benzene rings is 2. The van der Waals surface area contributed by atoms with Gasteiger partial charge >= 0.3 is 0 Å². The van der Waals surface area contributed by atoms with Crippen molar-refractivity contribution in [3.05, 3.63) is 59.7 Å². The molecule has 5 nitrogen and oxygen atoms in total. The molecule has 0 aromatic heterocycles. The van der Waals surface area contributed by atoms with E-state index >= 15 is 0 Å². The predicted octanol–water partition coefficient (Wildman–Crippen LogP) is 3.28. The van der Waals surface area contributed by atoms with Gasteiger partial charge in [-0.1, -0.05) is 36.4 Å². The molecule has 1 atom stereocenters. The van der Waals surface area contributed by atoms with Gasteiger partial charge < -0.3 is 20.1 Å². The molecule has 1 heterocycles. The van der Waals surface area contributed by atoms with Gasteiger partial charge in [0.1, 0.15) is 6.61 Å². The van der Waals surface area contributed by atoms with Crippen LogP contribution in [0.1, 0.15) is 30.4 Å². The Kier molecular flexibility index (Phi) is 5.53. The molecule has 1 spiro atoms. The molecule has 2 aromatic rings. The summed E-state index contributed by atoms with van der Waals surface area (Å²) < 4.78 is 11.4. The van der Waals surface area contributed by atoms with Gasteiger partial charge in [-0.15, -0.1) is 0 Å². The van der Waals surface area contributed by atoms with E-state index in [2.05, 4.69) is 10.6 Å². The number of amides is 1. The molecule has 28 heavy (non-hydrogen) atoms. The summed E-state index contributed by atoms with van der Waals surface area (Å²) in [6.07, 6.45) is 3.27. The zero-order valence-electron chi connectivity index (χ0n) is 16.4. The summed E-state index contributed by atoms with van der Waals surface area (Å²) in [5, 5.41) is 6.48. The van der Waals surface area contributed by atoms with Crippen LogP contribution in [0, 0.1) is 11.3 Å². The minimum absolute atomic E-state index is 0.185. The van der Waals surface area contributed by atoms with E-state index in [1.165, 1.54) is 0 Å². The molecule has 2 fully saturated rings. The van der Waals surface area contributed by atoms with Crippen LogP contribution < -0.4 is 20.1 Å². The van der Waals surface area contributed by atoms with Gasteiger partial charge in [0.2, 0.25) is 5.91 Å². The Bertz CT molecular complexity index is 816. The molecule has 0 bridgehead atoms. The van der Waals surface area contributed by atoms with E-state index in [0.29, 0.717) is 24.7 Å². The molecule has 2 aliphatic rings. The first-order chi connectivity index (χ1) is 13.7. The fourth-order valence-electron chi connectivity index (χ4n) is 4.18. The zero-order chi connectivity index (χ0) is 19.4. The number of nitrogens with one attached hydrogen (secondary N) is 2. The average Bonchev–Trinajstić information content (AvgIpc) is 3.44. The third-order valence-electron chi connectivity index (χ3n) is 6.04. The highest BCUT2D eigenvalue weighted by molar-refractivity contribution is 5.82. The Balaban J connectivity index is 1.32. The van der Waals surface area contributed by atoms with Crippen molar-refractivity contribution in [2.45, 2.75) is 32.4 Å². The summed E-state index contributed by atoms with van der Waals surface area (Å²) in [5.41, 5.74) is 2.39. The van der Waals surface area contributed by atoms with E-state index in [1.807, 2.05) is 48.5 Å². The van der Waals surface area contributed by atoms with E-state index < -0.39 is 0 Å². The fraction of sp³-hybridized carbons (Fsp3) is 0.435. The number of hydrogen-bond donors (Lipinski definition) is 2. The van der Waals surface area contributed by atoms with Crippen LogP contribution in [-0.4, -0.2) is 26.1 Å². The number of rotatable bonds is 7. The maximum absolute atomic E-state index is 12.5. The molecule has 0 radical (unpaired) electrons. The molecular weight excluding hydrogens is 352 g/mol. The Morgan fingerprint density at radius 3 is 2.64 bits per heavy atom. The van der Waals surface area contributed by atoms with Crippen LogP contribution in [0.4, 0.5) is 0 Å². The molecule has 2 N–H and O–H groups in total. The van der Waals surface area contributed by atoms with Crippen LogP contribution in [0.2, 0.25) is 0 Å². The number of piperidine rings is 1. The van der Waals surface area contributed by atoms with Crippen molar-refractivity contribution in [1.29, 1.82) is 0 Å². The minimum Gasteiger partial charge on any atom is -0.493 e. The number of ether oxygens (including phenoxy) is 2. The summed E-state index contributed by atoms with van der Waals surface area (Å²) in [6, 6.07) is 15.9. The lowest BCUT2D eigenvalue weighted by Gasteiger charge is -2.23. The third-order valence-corrected chi connectivity index (χ3v) is 6.04. The van der Waals surface area contributed by atoms with Crippen molar-refractivity contribution >= 4 is 5.91 Å². The van der Waals surface area contributed by atoms with Crippen LogP contribution in [0.25, 0.3) is 0 Å². The maximum atomic E-state index is 12.5. The van der Waals surface area contributed by atoms with Crippen molar-refractivity contribution < 1.29 is 14.3 Å². The summed E-state index contributed by atoms with van der Waals surface area (Å²) in [4.78, 5) is 12.5. The first-order valence-corrected chi connectivity index (χ1v) is 10.0. The van der Waals surface area contributed by atoms with E-state index in [9.17, 15) is 4.79 Å². The topological polar surface area (TPSA) is 59.6 Å². The molecular formula is C23H28N2O3. The highest BCUT2D eigenvalue weighted by atomic mass is 16.5. The van der Waals surface area contributed by atoms with Gasteiger partial charge in [0.25, 0.3) is 0 Å². The van der Waals surface area contributed by atoms with Gasteiger partial charge in [-0.25, -0.2) is 0 Å². The van der Waals surface area contributed by atoms with Crippen LogP contribution in [-0.2, 0) is 17.9 Å². The summed E-state index contributed by atoms with van der Waals surface area (Å²) in [5.74, 6) is 1.76. The van der Waals surface area contributed by atoms with E-state index in [0.717, 1.165) is 43.5 Å². The monoisotopic (exact) mass is 380 g/mol. The smallest absolute Gasteiger partial charge is 0.223 e. The van der Waals surface area contributed by atoms with Crippen molar-refractivity contribution in [3.63, 3.8) is 0 Å². The quantitative estimate of drug-likeness (QED) is 0.774. The van der Waals surface area contributed by atoms with Gasteiger partial charge in [-0.2, -0.15) is 0 Å². The fourth-order valence-corrected chi connectivity index (χ4v) is 4.18. The SMILES string of the molecule is COc1cc(CNC(=O)C2CC23CCNCC3)ccc1OCc1ccccc1. The second kappa shape index (κ2) is 8.23. The standard InChI is InChI=1S/C23H28N2O3/c1-27-21-13-18(7-8-20(21)28-16-17-5-3-2-4-6-17)15-25-22(26)19-14-23(19)9-11-24-12-10-23/h2-8,13,19,24H,9-12,14-16H2,1H3,(H,25,26). The van der Waals surface area contributed by atoms with Gasteiger partial charge in [-0.05, 0) is 61.0 Å². The highest BCUT2D eigenvalue weighted by Gasteiger charge is 2.57. The van der Waals surface area contributed by atoms with Gasteiger partial charge in [0.05, 0.1) is 7.11 Å². The molecule has 4 rings (SSSR count). The van der Waals surface area contributed by atoms with Gasteiger partial charge in [0.15, 0.2) is 11.5 Å². The van der Waals surface area contributed by atoms with E-state index in [4.69, 9.17) is 9.47 Å². The molecule has 5 heteroatoms. The maximum Gasteiger partial charge on any atom is 0.223 e. The molecule has 1 amide bonds. The van der Waals surface area contributed by atoms with Crippen molar-refractivity contribution in [2.75, 3.05) is 20.2 Å². The lowest BCUT2D eigenvalue weighted by Crippen LogP contribution is -2.33. The molecule has 1 unspecified atom stereocenters. The molecule has 1 saturated heterocycles. The van der Waals surface area contributed by atoms with Crippen molar-refractivity contribution in [3.8, 4) is 11.5 Å². The predicted molar refractivity (Wildman–Crippen MR) is 108 cm³/mol. The number of carbonyl (C=O) groups is 1. The highest BCUT2D eigenvalue weighted by Crippen LogP contribution is 2.58. The van der Waals surface area contributed by atoms with Crippen LogP contribution in [0.3, 0.4) is 0 Å². The Morgan fingerprint density at radius 1 is 1.11 bits per heavy atom. The number of carbonyl (C=O) groups excluding carboxylic acids is 1. The zero-order valence-corrected chi connectivity index (χ0v) is 16.4. The molecule has 2 aromatic carbocycles. The second-order valence-electron chi connectivity index (χ2n) is 7.85. The van der Waals surface area contributed by atoms with Crippen LogP contribution in [0.5, 0.6) is 11.5 Å². The van der Waals surface area contributed by atoms with Crippen LogP contribution >= 0.6 is 0 Å². The minimum atomic E-state index is 0.185. The van der Waals surface area contributed by atoms with Crippen LogP contribution in [0.15, 0.2) is 48.5 Å². The van der Waals surface area contributed by atoms with Crippen molar-refractivity contribution in [1.82, 2.24) is 10.6 Å². The van der Waals surface area contributed by atoms with Gasteiger partial charge in [-0.3, -0.25) is 4.79 Å². The normalized spacial score (nSPS) is 19.8. The lowest BCUT2D eigenvalue weighted by molar-refractivity contribution is -0.123. The second-order valence-corrected chi connectivity index (χ2v) is 7.85.